The van der Waals surface area contributed by atoms with Gasteiger partial charge in [-0.15, -0.1) is 0 Å². The number of hydrogen-bond acceptors (Lipinski definition) is 0. The third-order valence-corrected chi connectivity index (χ3v) is 2.71. The zero-order chi connectivity index (χ0) is 9.80. The van der Waals surface area contributed by atoms with Gasteiger partial charge < -0.3 is 4.57 Å². The van der Waals surface area contributed by atoms with Gasteiger partial charge in [0.2, 0.25) is 0 Å². The summed E-state index contributed by atoms with van der Waals surface area (Å²) < 4.78 is 3.35. The highest BCUT2D eigenvalue weighted by molar-refractivity contribution is 9.10. The Kier molecular flexibility index (Phi) is 3.04. The van der Waals surface area contributed by atoms with E-state index in [2.05, 4.69) is 69.3 Å². The second-order valence-electron chi connectivity index (χ2n) is 3.30. The van der Waals surface area contributed by atoms with Gasteiger partial charge in [0.15, 0.2) is 0 Å². The number of aryl methyl sites for hydroxylation is 2. The molecule has 0 N–H and O–H groups in total. The van der Waals surface area contributed by atoms with Crippen molar-refractivity contribution in [3.05, 3.63) is 58.8 Å². The summed E-state index contributed by atoms with van der Waals surface area (Å²) in [5.74, 6) is 0. The summed E-state index contributed by atoms with van der Waals surface area (Å²) in [6.45, 7) is 1.05. The van der Waals surface area contributed by atoms with Crippen LogP contribution in [0.15, 0.2) is 53.3 Å². The lowest BCUT2D eigenvalue weighted by atomic mass is 10.1. The van der Waals surface area contributed by atoms with Crippen molar-refractivity contribution >= 4 is 15.9 Å². The van der Waals surface area contributed by atoms with Gasteiger partial charge in [-0.3, -0.25) is 0 Å². The van der Waals surface area contributed by atoms with Crippen LogP contribution in [-0.2, 0) is 13.0 Å². The summed E-state index contributed by atoms with van der Waals surface area (Å²) in [6.07, 6.45) is 5.27. The van der Waals surface area contributed by atoms with Crippen LogP contribution in [0.4, 0.5) is 0 Å². The molecule has 0 aliphatic carbocycles. The predicted octanol–water partition coefficient (Wildman–Crippen LogP) is 3.49. The van der Waals surface area contributed by atoms with Crippen LogP contribution in [0.25, 0.3) is 0 Å². The molecule has 0 saturated heterocycles. The van der Waals surface area contributed by atoms with E-state index in [1.807, 2.05) is 0 Å². The van der Waals surface area contributed by atoms with Crippen molar-refractivity contribution in [1.82, 2.24) is 4.57 Å². The third kappa shape index (κ3) is 2.48. The maximum Gasteiger partial charge on any atom is 0.0260 e. The van der Waals surface area contributed by atoms with Crippen LogP contribution in [0, 0.1) is 0 Å². The largest absolute Gasteiger partial charge is 0.354 e. The fourth-order valence-electron chi connectivity index (χ4n) is 1.47. The number of halogens is 1. The Morgan fingerprint density at radius 1 is 1.07 bits per heavy atom. The molecule has 0 unspecified atom stereocenters. The minimum absolute atomic E-state index is 1.05. The first-order valence-corrected chi connectivity index (χ1v) is 5.49. The van der Waals surface area contributed by atoms with E-state index in [9.17, 15) is 0 Å². The first-order chi connectivity index (χ1) is 6.84. The second kappa shape index (κ2) is 4.47. The molecule has 0 atom stereocenters. The van der Waals surface area contributed by atoms with Crippen LogP contribution in [0.5, 0.6) is 0 Å². The SMILES string of the molecule is Brc1cccc(CCn2cccc2)c1. The van der Waals surface area contributed by atoms with E-state index in [-0.39, 0.29) is 0 Å². The van der Waals surface area contributed by atoms with Crippen molar-refractivity contribution in [2.45, 2.75) is 13.0 Å². The lowest BCUT2D eigenvalue weighted by molar-refractivity contribution is 0.701. The molecule has 1 aromatic carbocycles. The van der Waals surface area contributed by atoms with E-state index in [4.69, 9.17) is 0 Å². The summed E-state index contributed by atoms with van der Waals surface area (Å²) in [5, 5.41) is 0. The average molecular weight is 250 g/mol. The molecule has 0 bridgehead atoms. The quantitative estimate of drug-likeness (QED) is 0.785. The highest BCUT2D eigenvalue weighted by atomic mass is 79.9. The Morgan fingerprint density at radius 3 is 2.57 bits per heavy atom. The zero-order valence-electron chi connectivity index (χ0n) is 7.86. The molecule has 0 amide bonds. The topological polar surface area (TPSA) is 4.93 Å². The van der Waals surface area contributed by atoms with Crippen LogP contribution in [-0.4, -0.2) is 4.57 Å². The van der Waals surface area contributed by atoms with E-state index >= 15 is 0 Å². The Labute approximate surface area is 92.5 Å². The Morgan fingerprint density at radius 2 is 1.86 bits per heavy atom. The first-order valence-electron chi connectivity index (χ1n) is 4.70. The lowest BCUT2D eigenvalue weighted by Gasteiger charge is -2.03. The molecule has 2 aromatic rings. The third-order valence-electron chi connectivity index (χ3n) is 2.21. The smallest absolute Gasteiger partial charge is 0.0260 e. The van der Waals surface area contributed by atoms with Crippen molar-refractivity contribution in [3.8, 4) is 0 Å². The molecule has 1 nitrogen and oxygen atoms in total. The molecule has 0 spiro atoms. The van der Waals surface area contributed by atoms with Gasteiger partial charge >= 0.3 is 0 Å². The van der Waals surface area contributed by atoms with E-state index < -0.39 is 0 Å². The zero-order valence-corrected chi connectivity index (χ0v) is 9.44. The first kappa shape index (κ1) is 9.53. The maximum atomic E-state index is 3.47. The maximum absolute atomic E-state index is 3.47. The number of hydrogen-bond donors (Lipinski definition) is 0. The molecule has 72 valence electrons. The molecule has 1 heterocycles. The average Bonchev–Trinajstić information content (AvgIpc) is 2.67. The molecule has 0 saturated carbocycles. The van der Waals surface area contributed by atoms with Crippen LogP contribution in [0.2, 0.25) is 0 Å². The predicted molar refractivity (Wildman–Crippen MR) is 62.3 cm³/mol. The monoisotopic (exact) mass is 249 g/mol. The highest BCUT2D eigenvalue weighted by Crippen LogP contribution is 2.12. The van der Waals surface area contributed by atoms with Crippen molar-refractivity contribution in [3.63, 3.8) is 0 Å². The van der Waals surface area contributed by atoms with Gasteiger partial charge in [0.1, 0.15) is 0 Å². The summed E-state index contributed by atoms with van der Waals surface area (Å²) in [6, 6.07) is 12.6. The van der Waals surface area contributed by atoms with E-state index in [0.717, 1.165) is 17.4 Å². The second-order valence-corrected chi connectivity index (χ2v) is 4.22. The van der Waals surface area contributed by atoms with Gasteiger partial charge in [0.25, 0.3) is 0 Å². The Bertz CT molecular complexity index is 392. The number of rotatable bonds is 3. The van der Waals surface area contributed by atoms with E-state index in [1.54, 1.807) is 0 Å². The van der Waals surface area contributed by atoms with Crippen LogP contribution in [0.3, 0.4) is 0 Å². The number of benzene rings is 1. The van der Waals surface area contributed by atoms with Crippen molar-refractivity contribution in [2.24, 2.45) is 0 Å². The number of nitrogens with zero attached hydrogens (tertiary/aromatic N) is 1. The highest BCUT2D eigenvalue weighted by Gasteiger charge is 1.94. The summed E-state index contributed by atoms with van der Waals surface area (Å²) in [5.41, 5.74) is 1.37. The molecular formula is C12H12BrN. The Balaban J connectivity index is 1.98. The molecule has 0 fully saturated rings. The molecule has 14 heavy (non-hydrogen) atoms. The minimum atomic E-state index is 1.05. The molecule has 0 aliphatic heterocycles. The summed E-state index contributed by atoms with van der Waals surface area (Å²) >= 11 is 3.47. The molecule has 0 aliphatic rings. The molecule has 1 aromatic heterocycles. The summed E-state index contributed by atoms with van der Waals surface area (Å²) in [7, 11) is 0. The lowest BCUT2D eigenvalue weighted by Crippen LogP contribution is -1.97. The van der Waals surface area contributed by atoms with E-state index in [0.29, 0.717) is 0 Å². The molecule has 0 radical (unpaired) electrons. The van der Waals surface area contributed by atoms with E-state index in [1.165, 1.54) is 5.56 Å². The van der Waals surface area contributed by atoms with Crippen LogP contribution >= 0.6 is 15.9 Å². The van der Waals surface area contributed by atoms with Gasteiger partial charge in [-0.05, 0) is 36.2 Å². The standard InChI is InChI=1S/C12H12BrN/c13-12-5-3-4-11(10-12)6-9-14-7-1-2-8-14/h1-5,7-8,10H,6,9H2. The molecular weight excluding hydrogens is 238 g/mol. The Hall–Kier alpha value is -1.02. The van der Waals surface area contributed by atoms with Gasteiger partial charge in [-0.1, -0.05) is 28.1 Å². The normalized spacial score (nSPS) is 10.4. The van der Waals surface area contributed by atoms with Gasteiger partial charge in [0, 0.05) is 23.4 Å². The van der Waals surface area contributed by atoms with Crippen molar-refractivity contribution in [1.29, 1.82) is 0 Å². The van der Waals surface area contributed by atoms with Crippen LogP contribution in [0.1, 0.15) is 5.56 Å². The number of aromatic nitrogens is 1. The van der Waals surface area contributed by atoms with Gasteiger partial charge in [-0.25, -0.2) is 0 Å². The van der Waals surface area contributed by atoms with Crippen LogP contribution < -0.4 is 0 Å². The van der Waals surface area contributed by atoms with Crippen molar-refractivity contribution < 1.29 is 0 Å². The summed E-state index contributed by atoms with van der Waals surface area (Å²) in [4.78, 5) is 0. The van der Waals surface area contributed by atoms with Crippen molar-refractivity contribution in [2.75, 3.05) is 0 Å². The molecule has 2 rings (SSSR count). The van der Waals surface area contributed by atoms with Gasteiger partial charge in [0.05, 0.1) is 0 Å². The minimum Gasteiger partial charge on any atom is -0.354 e. The molecule has 2 heteroatoms. The fraction of sp³-hybridized carbons (Fsp3) is 0.167. The van der Waals surface area contributed by atoms with Gasteiger partial charge in [-0.2, -0.15) is 0 Å². The fourth-order valence-corrected chi connectivity index (χ4v) is 1.92.